The number of hydrogen-bond donors (Lipinski definition) is 1. The van der Waals surface area contributed by atoms with Crippen molar-refractivity contribution in [2.75, 3.05) is 0 Å². The predicted molar refractivity (Wildman–Crippen MR) is 61.7 cm³/mol. The largest absolute Gasteiger partial charge is 0.481 e. The average molecular weight is 231 g/mol. The van der Waals surface area contributed by atoms with Crippen molar-refractivity contribution in [2.45, 2.75) is 19.3 Å². The van der Waals surface area contributed by atoms with Crippen molar-refractivity contribution in [1.82, 2.24) is 4.98 Å². The maximum absolute atomic E-state index is 10.6. The monoisotopic (exact) mass is 231 g/mol. The first-order chi connectivity index (χ1) is 8.25. The highest BCUT2D eigenvalue weighted by Crippen LogP contribution is 2.14. The van der Waals surface area contributed by atoms with Crippen LogP contribution in [-0.2, 0) is 17.6 Å². The van der Waals surface area contributed by atoms with Gasteiger partial charge in [0.2, 0.25) is 0 Å². The Morgan fingerprint density at radius 3 is 2.94 bits per heavy atom. The molecule has 0 amide bonds. The van der Waals surface area contributed by atoms with Gasteiger partial charge in [0, 0.05) is 19.0 Å². The molecule has 0 unspecified atom stereocenters. The summed E-state index contributed by atoms with van der Waals surface area (Å²) in [5, 5.41) is 8.68. The summed E-state index contributed by atoms with van der Waals surface area (Å²) < 4.78 is 5.26. The number of rotatable bonds is 5. The summed E-state index contributed by atoms with van der Waals surface area (Å²) in [7, 11) is 0. The molecule has 4 heteroatoms. The Morgan fingerprint density at radius 2 is 2.24 bits per heavy atom. The van der Waals surface area contributed by atoms with Gasteiger partial charge in [-0.25, -0.2) is 0 Å². The molecule has 0 aromatic carbocycles. The zero-order valence-electron chi connectivity index (χ0n) is 9.30. The number of furan rings is 1. The molecule has 0 atom stereocenters. The first kappa shape index (κ1) is 11.4. The molecule has 0 fully saturated rings. The Kier molecular flexibility index (Phi) is 3.55. The van der Waals surface area contributed by atoms with E-state index in [-0.39, 0.29) is 6.42 Å². The standard InChI is InChI=1S/C13H13NO3/c15-13(16)6-5-10-3-1-7-14-12(10)9-11-4-2-8-17-11/h1-4,7-8H,5-6,9H2,(H,15,16). The van der Waals surface area contributed by atoms with Crippen LogP contribution in [0.1, 0.15) is 23.4 Å². The third-order valence-electron chi connectivity index (χ3n) is 2.51. The normalized spacial score (nSPS) is 10.4. The van der Waals surface area contributed by atoms with Crippen LogP contribution < -0.4 is 0 Å². The third kappa shape index (κ3) is 3.17. The summed E-state index contributed by atoms with van der Waals surface area (Å²) >= 11 is 0. The van der Waals surface area contributed by atoms with Gasteiger partial charge in [-0.3, -0.25) is 9.78 Å². The molecule has 2 aromatic rings. The van der Waals surface area contributed by atoms with Crippen LogP contribution in [0.15, 0.2) is 41.1 Å². The molecule has 88 valence electrons. The van der Waals surface area contributed by atoms with E-state index in [0.29, 0.717) is 12.8 Å². The summed E-state index contributed by atoms with van der Waals surface area (Å²) in [6, 6.07) is 7.45. The molecule has 0 saturated heterocycles. The topological polar surface area (TPSA) is 63.3 Å². The zero-order valence-corrected chi connectivity index (χ0v) is 9.30. The van der Waals surface area contributed by atoms with Crippen LogP contribution in [0, 0.1) is 0 Å². The van der Waals surface area contributed by atoms with Crippen LogP contribution in [0.25, 0.3) is 0 Å². The Hall–Kier alpha value is -2.10. The fraction of sp³-hybridized carbons (Fsp3) is 0.231. The second-order valence-electron chi connectivity index (χ2n) is 3.76. The summed E-state index contributed by atoms with van der Waals surface area (Å²) in [6.07, 6.45) is 4.55. The van der Waals surface area contributed by atoms with Gasteiger partial charge in [0.15, 0.2) is 0 Å². The molecule has 0 radical (unpaired) electrons. The molecule has 1 N–H and O–H groups in total. The molecule has 0 aliphatic carbocycles. The summed E-state index contributed by atoms with van der Waals surface area (Å²) in [6.45, 7) is 0. The van der Waals surface area contributed by atoms with Gasteiger partial charge < -0.3 is 9.52 Å². The first-order valence-electron chi connectivity index (χ1n) is 5.42. The highest BCUT2D eigenvalue weighted by Gasteiger charge is 2.07. The zero-order chi connectivity index (χ0) is 12.1. The van der Waals surface area contributed by atoms with Crippen LogP contribution in [-0.4, -0.2) is 16.1 Å². The van der Waals surface area contributed by atoms with Crippen LogP contribution in [0.3, 0.4) is 0 Å². The molecular weight excluding hydrogens is 218 g/mol. The Labute approximate surface area is 98.9 Å². The van der Waals surface area contributed by atoms with Crippen molar-refractivity contribution in [3.63, 3.8) is 0 Å². The summed E-state index contributed by atoms with van der Waals surface area (Å²) in [5.74, 6) is 0.0399. The maximum atomic E-state index is 10.6. The lowest BCUT2D eigenvalue weighted by Crippen LogP contribution is -2.02. The third-order valence-corrected chi connectivity index (χ3v) is 2.51. The van der Waals surface area contributed by atoms with Gasteiger partial charge in [0.1, 0.15) is 5.76 Å². The molecular formula is C13H13NO3. The van der Waals surface area contributed by atoms with Crippen molar-refractivity contribution >= 4 is 5.97 Å². The molecule has 0 bridgehead atoms. The average Bonchev–Trinajstić information content (AvgIpc) is 2.80. The van der Waals surface area contributed by atoms with Crippen molar-refractivity contribution in [1.29, 1.82) is 0 Å². The van der Waals surface area contributed by atoms with Gasteiger partial charge in [-0.15, -0.1) is 0 Å². The molecule has 2 rings (SSSR count). The number of pyridine rings is 1. The molecule has 0 saturated carbocycles. The SMILES string of the molecule is O=C(O)CCc1cccnc1Cc1ccco1. The summed E-state index contributed by atoms with van der Waals surface area (Å²) in [4.78, 5) is 14.8. The van der Waals surface area contributed by atoms with Gasteiger partial charge in [-0.1, -0.05) is 6.07 Å². The van der Waals surface area contributed by atoms with Gasteiger partial charge >= 0.3 is 5.97 Å². The number of carboxylic acids is 1. The van der Waals surface area contributed by atoms with Gasteiger partial charge in [0.25, 0.3) is 0 Å². The van der Waals surface area contributed by atoms with E-state index < -0.39 is 5.97 Å². The van der Waals surface area contributed by atoms with Crippen molar-refractivity contribution in [3.05, 3.63) is 53.7 Å². The van der Waals surface area contributed by atoms with E-state index in [9.17, 15) is 4.79 Å². The van der Waals surface area contributed by atoms with E-state index in [0.717, 1.165) is 17.0 Å². The van der Waals surface area contributed by atoms with E-state index in [2.05, 4.69) is 4.98 Å². The molecule has 2 aromatic heterocycles. The number of hydrogen-bond acceptors (Lipinski definition) is 3. The Balaban J connectivity index is 2.13. The van der Waals surface area contributed by atoms with Crippen LogP contribution >= 0.6 is 0 Å². The van der Waals surface area contributed by atoms with E-state index in [1.54, 1.807) is 12.5 Å². The number of aromatic nitrogens is 1. The van der Waals surface area contributed by atoms with Gasteiger partial charge in [-0.2, -0.15) is 0 Å². The van der Waals surface area contributed by atoms with Crippen LogP contribution in [0.2, 0.25) is 0 Å². The summed E-state index contributed by atoms with van der Waals surface area (Å²) in [5.41, 5.74) is 1.84. The minimum absolute atomic E-state index is 0.122. The quantitative estimate of drug-likeness (QED) is 0.857. The highest BCUT2D eigenvalue weighted by atomic mass is 16.4. The van der Waals surface area contributed by atoms with Crippen molar-refractivity contribution < 1.29 is 14.3 Å². The lowest BCUT2D eigenvalue weighted by atomic mass is 10.1. The number of aliphatic carboxylic acids is 1. The predicted octanol–water partition coefficient (Wildman–Crippen LogP) is 2.28. The number of carboxylic acid groups (broad SMARTS) is 1. The first-order valence-corrected chi connectivity index (χ1v) is 5.42. The number of carbonyl (C=O) groups is 1. The highest BCUT2D eigenvalue weighted by molar-refractivity contribution is 5.67. The number of aryl methyl sites for hydroxylation is 1. The Bertz CT molecular complexity index is 491. The van der Waals surface area contributed by atoms with E-state index in [1.165, 1.54) is 0 Å². The van der Waals surface area contributed by atoms with E-state index in [4.69, 9.17) is 9.52 Å². The lowest BCUT2D eigenvalue weighted by molar-refractivity contribution is -0.136. The van der Waals surface area contributed by atoms with Gasteiger partial charge in [-0.05, 0) is 30.2 Å². The van der Waals surface area contributed by atoms with Crippen LogP contribution in [0.5, 0.6) is 0 Å². The van der Waals surface area contributed by atoms with Crippen LogP contribution in [0.4, 0.5) is 0 Å². The fourth-order valence-electron chi connectivity index (χ4n) is 1.68. The number of nitrogens with zero attached hydrogens (tertiary/aromatic N) is 1. The molecule has 2 heterocycles. The van der Waals surface area contributed by atoms with Gasteiger partial charge in [0.05, 0.1) is 12.0 Å². The molecule has 4 nitrogen and oxygen atoms in total. The van der Waals surface area contributed by atoms with E-state index in [1.807, 2.05) is 24.3 Å². The minimum atomic E-state index is -0.794. The smallest absolute Gasteiger partial charge is 0.303 e. The molecule has 0 aliphatic rings. The molecule has 0 aliphatic heterocycles. The maximum Gasteiger partial charge on any atom is 0.303 e. The Morgan fingerprint density at radius 1 is 1.35 bits per heavy atom. The second kappa shape index (κ2) is 5.30. The fourth-order valence-corrected chi connectivity index (χ4v) is 1.68. The van der Waals surface area contributed by atoms with Crippen molar-refractivity contribution in [2.24, 2.45) is 0 Å². The molecule has 0 spiro atoms. The minimum Gasteiger partial charge on any atom is -0.481 e. The van der Waals surface area contributed by atoms with E-state index >= 15 is 0 Å². The molecule has 17 heavy (non-hydrogen) atoms. The van der Waals surface area contributed by atoms with Crippen molar-refractivity contribution in [3.8, 4) is 0 Å². The lowest BCUT2D eigenvalue weighted by Gasteiger charge is -2.05. The second-order valence-corrected chi connectivity index (χ2v) is 3.76.